The number of nitrogens with one attached hydrogen (secondary N) is 2. The average molecular weight is 413 g/mol. The van der Waals surface area contributed by atoms with Crippen LogP contribution in [0.2, 0.25) is 0 Å². The van der Waals surface area contributed by atoms with Gasteiger partial charge in [0.15, 0.2) is 4.34 Å². The Hall–Kier alpha value is -2.58. The molecule has 0 unspecified atom stereocenters. The van der Waals surface area contributed by atoms with E-state index < -0.39 is 0 Å². The van der Waals surface area contributed by atoms with E-state index in [0.29, 0.717) is 11.2 Å². The number of methoxy groups -OCH3 is 1. The Morgan fingerprint density at radius 2 is 1.89 bits per heavy atom. The zero-order valence-corrected chi connectivity index (χ0v) is 16.9. The van der Waals surface area contributed by atoms with Crippen molar-refractivity contribution < 1.29 is 9.53 Å². The summed E-state index contributed by atoms with van der Waals surface area (Å²) in [5.74, 6) is 0.824. The van der Waals surface area contributed by atoms with Gasteiger partial charge in [-0.2, -0.15) is 0 Å². The Kier molecular flexibility index (Phi) is 5.78. The van der Waals surface area contributed by atoms with Crippen molar-refractivity contribution in [3.63, 3.8) is 0 Å². The summed E-state index contributed by atoms with van der Waals surface area (Å²) in [6, 6.07) is 17.7. The summed E-state index contributed by atoms with van der Waals surface area (Å²) < 4.78 is 5.92. The molecule has 1 saturated carbocycles. The van der Waals surface area contributed by atoms with Crippen molar-refractivity contribution >= 4 is 39.8 Å². The van der Waals surface area contributed by atoms with Crippen LogP contribution < -0.4 is 15.4 Å². The van der Waals surface area contributed by atoms with Gasteiger partial charge in [0.05, 0.1) is 7.11 Å². The molecular formula is C20H20N4O2S2. The fourth-order valence-corrected chi connectivity index (χ4v) is 4.59. The Morgan fingerprint density at radius 1 is 1.14 bits per heavy atom. The number of aromatic nitrogens is 2. The van der Waals surface area contributed by atoms with E-state index in [1.165, 1.54) is 23.1 Å². The first-order valence-corrected chi connectivity index (χ1v) is 10.7. The quantitative estimate of drug-likeness (QED) is 0.534. The van der Waals surface area contributed by atoms with Gasteiger partial charge in [-0.15, -0.1) is 10.2 Å². The van der Waals surface area contributed by atoms with Gasteiger partial charge in [0.2, 0.25) is 11.0 Å². The van der Waals surface area contributed by atoms with E-state index >= 15 is 0 Å². The predicted molar refractivity (Wildman–Crippen MR) is 112 cm³/mol. The third kappa shape index (κ3) is 4.82. The highest BCUT2D eigenvalue weighted by Crippen LogP contribution is 2.39. The van der Waals surface area contributed by atoms with Crippen LogP contribution >= 0.6 is 23.1 Å². The monoisotopic (exact) mass is 412 g/mol. The average Bonchev–Trinajstić information content (AvgIpc) is 3.44. The van der Waals surface area contributed by atoms with Crippen molar-refractivity contribution in [2.75, 3.05) is 12.4 Å². The van der Waals surface area contributed by atoms with Crippen LogP contribution in [0.25, 0.3) is 0 Å². The number of nitrogens with zero attached hydrogens (tertiary/aromatic N) is 2. The number of carbonyl (C=O) groups excluding carboxylic acids is 1. The maximum Gasteiger partial charge on any atom is 0.238 e. The lowest BCUT2D eigenvalue weighted by Gasteiger charge is -2.15. The third-order valence-electron chi connectivity index (χ3n) is 4.23. The van der Waals surface area contributed by atoms with Gasteiger partial charge < -0.3 is 15.4 Å². The van der Waals surface area contributed by atoms with Crippen LogP contribution in [0.1, 0.15) is 23.7 Å². The van der Waals surface area contributed by atoms with Crippen molar-refractivity contribution in [2.45, 2.75) is 28.5 Å². The zero-order valence-electron chi connectivity index (χ0n) is 15.3. The first kappa shape index (κ1) is 18.8. The highest BCUT2D eigenvalue weighted by atomic mass is 32.2. The van der Waals surface area contributed by atoms with E-state index in [1.807, 2.05) is 54.6 Å². The topological polar surface area (TPSA) is 76.1 Å². The fraction of sp³-hybridized carbons (Fsp3) is 0.250. The van der Waals surface area contributed by atoms with Gasteiger partial charge in [0.1, 0.15) is 11.0 Å². The number of hydrogen-bond donors (Lipinski definition) is 2. The van der Waals surface area contributed by atoms with Crippen molar-refractivity contribution in [1.82, 2.24) is 15.5 Å². The summed E-state index contributed by atoms with van der Waals surface area (Å²) in [7, 11) is 1.64. The first-order chi connectivity index (χ1) is 13.7. The molecule has 144 valence electrons. The van der Waals surface area contributed by atoms with Crippen LogP contribution in [0.15, 0.2) is 58.9 Å². The molecule has 1 aliphatic rings. The molecule has 1 fully saturated rings. The Labute approximate surface area is 171 Å². The molecule has 1 aliphatic carbocycles. The van der Waals surface area contributed by atoms with E-state index in [1.54, 1.807) is 7.11 Å². The fourth-order valence-electron chi connectivity index (χ4n) is 2.61. The molecule has 8 heteroatoms. The summed E-state index contributed by atoms with van der Waals surface area (Å²) in [5, 5.41) is 15.1. The van der Waals surface area contributed by atoms with Gasteiger partial charge >= 0.3 is 0 Å². The summed E-state index contributed by atoms with van der Waals surface area (Å²) in [6.07, 6.45) is 2.12. The van der Waals surface area contributed by atoms with Gasteiger partial charge in [-0.05, 0) is 42.7 Å². The van der Waals surface area contributed by atoms with Crippen LogP contribution in [0.3, 0.4) is 0 Å². The van der Waals surface area contributed by atoms with Gasteiger partial charge in [-0.1, -0.05) is 53.4 Å². The second kappa shape index (κ2) is 8.62. The number of anilines is 2. The second-order valence-electron chi connectivity index (χ2n) is 6.42. The number of benzene rings is 2. The van der Waals surface area contributed by atoms with E-state index in [0.717, 1.165) is 34.2 Å². The SMILES string of the molecule is COc1ccc(Nc2nnc(S[C@@H](C(=O)NC3CC3)c3ccccc3)s2)cc1. The maximum atomic E-state index is 12.8. The molecule has 0 bridgehead atoms. The van der Waals surface area contributed by atoms with E-state index in [4.69, 9.17) is 4.74 Å². The lowest BCUT2D eigenvalue weighted by Crippen LogP contribution is -2.29. The molecule has 4 rings (SSSR count). The van der Waals surface area contributed by atoms with E-state index in [-0.39, 0.29) is 11.2 Å². The van der Waals surface area contributed by atoms with Crippen molar-refractivity contribution in [1.29, 1.82) is 0 Å². The summed E-state index contributed by atoms with van der Waals surface area (Å²) in [6.45, 7) is 0. The number of rotatable bonds is 8. The van der Waals surface area contributed by atoms with Crippen LogP contribution in [-0.2, 0) is 4.79 Å². The third-order valence-corrected chi connectivity index (χ3v) is 6.41. The second-order valence-corrected chi connectivity index (χ2v) is 8.75. The number of hydrogen-bond acceptors (Lipinski definition) is 7. The van der Waals surface area contributed by atoms with Gasteiger partial charge in [-0.3, -0.25) is 4.79 Å². The summed E-state index contributed by atoms with van der Waals surface area (Å²) >= 11 is 2.86. The van der Waals surface area contributed by atoms with Crippen molar-refractivity contribution in [3.8, 4) is 5.75 Å². The molecule has 3 aromatic rings. The minimum atomic E-state index is -0.344. The normalized spacial score (nSPS) is 14.3. The van der Waals surface area contributed by atoms with Gasteiger partial charge in [0, 0.05) is 11.7 Å². The minimum Gasteiger partial charge on any atom is -0.497 e. The minimum absolute atomic E-state index is 0.0264. The highest BCUT2D eigenvalue weighted by Gasteiger charge is 2.29. The number of carbonyl (C=O) groups is 1. The number of ether oxygens (including phenoxy) is 1. The zero-order chi connectivity index (χ0) is 19.3. The Bertz CT molecular complexity index is 927. The Morgan fingerprint density at radius 3 is 2.57 bits per heavy atom. The van der Waals surface area contributed by atoms with Crippen LogP contribution in [0.5, 0.6) is 5.75 Å². The molecule has 0 aliphatic heterocycles. The lowest BCUT2D eigenvalue weighted by atomic mass is 10.1. The highest BCUT2D eigenvalue weighted by molar-refractivity contribution is 8.01. The standard InChI is InChI=1S/C20H20N4O2S2/c1-26-16-11-9-15(10-12-16)22-19-23-24-20(28-19)27-17(13-5-3-2-4-6-13)18(25)21-14-7-8-14/h2-6,9-12,14,17H,7-8H2,1H3,(H,21,25)(H,22,23)/t17-/m1/s1. The van der Waals surface area contributed by atoms with Crippen molar-refractivity contribution in [3.05, 3.63) is 60.2 Å². The van der Waals surface area contributed by atoms with Crippen molar-refractivity contribution in [2.24, 2.45) is 0 Å². The molecular weight excluding hydrogens is 392 g/mol. The molecule has 0 saturated heterocycles. The van der Waals surface area contributed by atoms with E-state index in [9.17, 15) is 4.79 Å². The summed E-state index contributed by atoms with van der Waals surface area (Å²) in [5.41, 5.74) is 1.87. The largest absolute Gasteiger partial charge is 0.497 e. The smallest absolute Gasteiger partial charge is 0.238 e. The van der Waals surface area contributed by atoms with Crippen LogP contribution in [0, 0.1) is 0 Å². The number of amides is 1. The molecule has 28 heavy (non-hydrogen) atoms. The first-order valence-electron chi connectivity index (χ1n) is 8.98. The molecule has 0 radical (unpaired) electrons. The summed E-state index contributed by atoms with van der Waals surface area (Å²) in [4.78, 5) is 12.8. The van der Waals surface area contributed by atoms with E-state index in [2.05, 4.69) is 20.8 Å². The lowest BCUT2D eigenvalue weighted by molar-refractivity contribution is -0.120. The maximum absolute atomic E-state index is 12.8. The van der Waals surface area contributed by atoms with Gasteiger partial charge in [-0.25, -0.2) is 0 Å². The number of thioether (sulfide) groups is 1. The molecule has 0 spiro atoms. The molecule has 2 aromatic carbocycles. The molecule has 6 nitrogen and oxygen atoms in total. The molecule has 1 amide bonds. The van der Waals surface area contributed by atoms with Crippen LogP contribution in [0.4, 0.5) is 10.8 Å². The Balaban J connectivity index is 1.46. The van der Waals surface area contributed by atoms with Crippen LogP contribution in [-0.4, -0.2) is 29.3 Å². The molecule has 1 heterocycles. The predicted octanol–water partition coefficient (Wildman–Crippen LogP) is 4.40. The molecule has 1 aromatic heterocycles. The molecule has 1 atom stereocenters. The molecule has 2 N–H and O–H groups in total. The van der Waals surface area contributed by atoms with Gasteiger partial charge in [0.25, 0.3) is 0 Å².